The average Bonchev–Trinajstić information content (AvgIpc) is 4.04. The number of rotatable bonds is 12. The number of amides is 2. The van der Waals surface area contributed by atoms with Crippen LogP contribution in [0.2, 0.25) is 0 Å². The fraction of sp³-hybridized carbons (Fsp3) is 0.508. The summed E-state index contributed by atoms with van der Waals surface area (Å²) in [5.41, 5.74) is 6.61. The Hall–Kier alpha value is -6.46. The molecule has 6 aliphatic heterocycles. The summed E-state index contributed by atoms with van der Waals surface area (Å²) >= 11 is 0. The molecule has 0 radical (unpaired) electrons. The molecule has 13 rings (SSSR count). The number of piperazine rings is 2. The Labute approximate surface area is 462 Å². The van der Waals surface area contributed by atoms with E-state index in [1.165, 1.54) is 18.1 Å². The fourth-order valence-electron chi connectivity index (χ4n) is 14.4. The van der Waals surface area contributed by atoms with E-state index in [9.17, 15) is 19.8 Å². The number of fused-ring (bicyclic) bond motifs is 6. The Bertz CT molecular complexity index is 3300. The van der Waals surface area contributed by atoms with Crippen LogP contribution in [0.1, 0.15) is 103 Å². The first-order valence-corrected chi connectivity index (χ1v) is 29.2. The molecule has 6 aromatic rings. The van der Waals surface area contributed by atoms with Crippen LogP contribution in [-0.2, 0) is 24.4 Å². The number of likely N-dealkylation sites (tertiary alicyclic amines) is 2. The molecule has 2 bridgehead atoms. The number of carbonyl (C=O) groups excluding carboxylic acids is 2. The van der Waals surface area contributed by atoms with Crippen molar-refractivity contribution in [2.75, 3.05) is 77.5 Å². The molecule has 414 valence electrons. The van der Waals surface area contributed by atoms with Gasteiger partial charge in [-0.25, -0.2) is 4.39 Å². The van der Waals surface area contributed by atoms with Crippen LogP contribution in [-0.4, -0.2) is 158 Å². The lowest BCUT2D eigenvalue weighted by atomic mass is 9.94. The number of pyridine rings is 1. The molecule has 5 saturated heterocycles. The normalized spacial score (nSPS) is 24.8. The van der Waals surface area contributed by atoms with Crippen LogP contribution in [0.25, 0.3) is 32.9 Å². The quantitative estimate of drug-likeness (QED) is 0.108. The smallest absolute Gasteiger partial charge is 0.319 e. The summed E-state index contributed by atoms with van der Waals surface area (Å²) in [6.45, 7) is 15.6. The Balaban J connectivity index is 0.603. The van der Waals surface area contributed by atoms with Gasteiger partial charge in [0.15, 0.2) is 5.82 Å². The second-order valence-corrected chi connectivity index (χ2v) is 24.6. The van der Waals surface area contributed by atoms with Crippen LogP contribution < -0.4 is 15.0 Å². The third-order valence-electron chi connectivity index (χ3n) is 19.1. The predicted molar refractivity (Wildman–Crippen MR) is 304 cm³/mol. The monoisotopic (exact) mass is 1070 g/mol. The van der Waals surface area contributed by atoms with Gasteiger partial charge in [0, 0.05) is 113 Å². The van der Waals surface area contributed by atoms with E-state index in [-0.39, 0.29) is 58.1 Å². The zero-order valence-corrected chi connectivity index (χ0v) is 46.2. The number of phenolic OH excluding ortho intramolecular Hbond substituents is 2. The SMILES string of the molecule is Cc1cccc2cccc(-c3ncc4c(N5CC6CC7CC7CC(C5)N6)nc(OC[C@@H]5CC[C@H](CN6CCN(C(=O)C7CCN(Cc8ccc9c(c8)CN(C(=O)c8cc(C(C)C)c(O)cc8O)C9)CC7)CC6)N5C)nc4c3F)c12. The van der Waals surface area contributed by atoms with E-state index >= 15 is 4.39 Å². The fourth-order valence-corrected chi connectivity index (χ4v) is 14.4. The van der Waals surface area contributed by atoms with Crippen LogP contribution in [0.5, 0.6) is 17.5 Å². The first kappa shape index (κ1) is 51.9. The minimum Gasteiger partial charge on any atom is -0.508 e. The average molecular weight is 1070 g/mol. The number of piperidine rings is 1. The number of benzene rings is 4. The van der Waals surface area contributed by atoms with Crippen molar-refractivity contribution in [1.29, 1.82) is 0 Å². The maximum absolute atomic E-state index is 17.2. The topological polar surface area (TPSA) is 154 Å². The van der Waals surface area contributed by atoms with Gasteiger partial charge in [-0.3, -0.25) is 29.3 Å². The van der Waals surface area contributed by atoms with Gasteiger partial charge in [-0.05, 0) is 134 Å². The molecule has 7 aliphatic rings. The number of aromatic hydroxyl groups is 2. The van der Waals surface area contributed by atoms with Crippen LogP contribution >= 0.6 is 0 Å². The van der Waals surface area contributed by atoms with Crippen LogP contribution in [0.15, 0.2) is 72.9 Å². The van der Waals surface area contributed by atoms with Gasteiger partial charge in [0.2, 0.25) is 5.91 Å². The summed E-state index contributed by atoms with van der Waals surface area (Å²) in [6.07, 6.45) is 9.16. The number of anilines is 1. The highest BCUT2D eigenvalue weighted by Crippen LogP contribution is 2.48. The molecular formula is C63H75FN10O5. The van der Waals surface area contributed by atoms with Crippen molar-refractivity contribution in [3.05, 3.63) is 112 Å². The second kappa shape index (κ2) is 21.2. The number of ether oxygens (including phenoxy) is 1. The summed E-state index contributed by atoms with van der Waals surface area (Å²) in [7, 11) is 2.19. The van der Waals surface area contributed by atoms with Gasteiger partial charge in [-0.15, -0.1) is 0 Å². The first-order chi connectivity index (χ1) is 38.3. The molecule has 1 saturated carbocycles. The third-order valence-corrected chi connectivity index (χ3v) is 19.1. The first-order valence-electron chi connectivity index (χ1n) is 29.2. The lowest BCUT2D eigenvalue weighted by Gasteiger charge is -2.40. The number of nitrogens with zero attached hydrogens (tertiary/aromatic N) is 9. The molecule has 4 unspecified atom stereocenters. The minimum absolute atomic E-state index is 0.00304. The van der Waals surface area contributed by atoms with Gasteiger partial charge in [0.05, 0.1) is 10.9 Å². The molecule has 16 heteroatoms. The van der Waals surface area contributed by atoms with Gasteiger partial charge in [0.25, 0.3) is 5.91 Å². The number of hydrogen-bond donors (Lipinski definition) is 3. The summed E-state index contributed by atoms with van der Waals surface area (Å²) in [5, 5.41) is 27.4. The zero-order valence-electron chi connectivity index (χ0n) is 46.2. The van der Waals surface area contributed by atoms with E-state index in [1.807, 2.05) is 32.0 Å². The number of hydrogen-bond acceptors (Lipinski definition) is 13. The maximum atomic E-state index is 17.2. The van der Waals surface area contributed by atoms with Crippen LogP contribution in [0.3, 0.4) is 0 Å². The Kier molecular flexibility index (Phi) is 13.9. The number of aromatic nitrogens is 3. The molecule has 6 atom stereocenters. The number of likely N-dealkylation sites (N-methyl/N-ethyl adjacent to an activating group) is 1. The van der Waals surface area contributed by atoms with E-state index in [4.69, 9.17) is 19.7 Å². The summed E-state index contributed by atoms with van der Waals surface area (Å²) in [5.74, 6) is 1.74. The zero-order chi connectivity index (χ0) is 54.2. The molecule has 1 aliphatic carbocycles. The van der Waals surface area contributed by atoms with Crippen molar-refractivity contribution in [3.63, 3.8) is 0 Å². The maximum Gasteiger partial charge on any atom is 0.319 e. The lowest BCUT2D eigenvalue weighted by molar-refractivity contribution is -0.139. The Morgan fingerprint density at radius 3 is 2.29 bits per heavy atom. The van der Waals surface area contributed by atoms with Crippen molar-refractivity contribution in [2.45, 2.75) is 115 Å². The van der Waals surface area contributed by atoms with Gasteiger partial charge >= 0.3 is 6.01 Å². The number of carbonyl (C=O) groups is 2. The summed E-state index contributed by atoms with van der Waals surface area (Å²) in [4.78, 5) is 55.9. The standard InChI is InChI=1S/C63H75FN10O5/c1-37(2)51-27-52(55(76)28-54(51)75)62(78)74-31-42-12-11-39(23-45(42)32-74)30-70-17-15-41(16-18-70)61(77)72-21-19-71(20-22-72)35-48-13-14-49(69(48)4)36-79-63-67-59-53(60(68-63)73-33-46-25-43-24-44(43)26-47(34-73)66-46)29-65-58(57(59)64)50-10-6-9-40-8-5-7-38(3)56(40)50/h5-12,23,27-29,37,41,43-44,46-49,66,75-76H,13-22,24-26,30-36H2,1-4H3/t43?,44?,46?,47?,48-,49+/m1/s1. The van der Waals surface area contributed by atoms with Crippen molar-refractivity contribution in [3.8, 4) is 28.8 Å². The number of nitrogens with one attached hydrogen (secondary N) is 1. The van der Waals surface area contributed by atoms with E-state index in [1.54, 1.807) is 17.2 Å². The highest BCUT2D eigenvalue weighted by molar-refractivity contribution is 6.01. The molecule has 79 heavy (non-hydrogen) atoms. The highest BCUT2D eigenvalue weighted by atomic mass is 19.1. The Morgan fingerprint density at radius 1 is 0.797 bits per heavy atom. The number of halogens is 1. The van der Waals surface area contributed by atoms with Gasteiger partial charge in [-0.1, -0.05) is 68.4 Å². The summed E-state index contributed by atoms with van der Waals surface area (Å²) in [6, 6.07) is 22.9. The van der Waals surface area contributed by atoms with Crippen LogP contribution in [0, 0.1) is 30.5 Å². The highest BCUT2D eigenvalue weighted by Gasteiger charge is 2.46. The molecular weight excluding hydrogens is 996 g/mol. The van der Waals surface area contributed by atoms with Crippen molar-refractivity contribution in [1.82, 2.24) is 44.8 Å². The molecule has 2 aromatic heterocycles. The minimum atomic E-state index is -0.452. The second-order valence-electron chi connectivity index (χ2n) is 24.6. The molecule has 3 N–H and O–H groups in total. The Morgan fingerprint density at radius 2 is 1.53 bits per heavy atom. The predicted octanol–water partition coefficient (Wildman–Crippen LogP) is 8.46. The van der Waals surface area contributed by atoms with Gasteiger partial charge < -0.3 is 35.0 Å². The van der Waals surface area contributed by atoms with Crippen molar-refractivity contribution < 1.29 is 28.9 Å². The van der Waals surface area contributed by atoms with E-state index in [0.29, 0.717) is 60.5 Å². The molecule has 2 amide bonds. The molecule has 4 aromatic carbocycles. The van der Waals surface area contributed by atoms with Gasteiger partial charge in [0.1, 0.15) is 35.1 Å². The van der Waals surface area contributed by atoms with E-state index in [0.717, 1.165) is 149 Å². The summed E-state index contributed by atoms with van der Waals surface area (Å²) < 4.78 is 23.8. The van der Waals surface area contributed by atoms with E-state index < -0.39 is 5.82 Å². The lowest BCUT2D eigenvalue weighted by Crippen LogP contribution is -2.56. The number of aryl methyl sites for hydroxylation is 1. The number of phenols is 2. The molecule has 6 fully saturated rings. The van der Waals surface area contributed by atoms with Crippen LogP contribution in [0.4, 0.5) is 10.2 Å². The largest absolute Gasteiger partial charge is 0.508 e. The molecule has 0 spiro atoms. The van der Waals surface area contributed by atoms with Crippen molar-refractivity contribution in [2.24, 2.45) is 17.8 Å². The van der Waals surface area contributed by atoms with Crippen molar-refractivity contribution >= 4 is 39.3 Å². The van der Waals surface area contributed by atoms with Gasteiger partial charge in [-0.2, -0.15) is 9.97 Å². The molecule has 15 nitrogen and oxygen atoms in total. The third kappa shape index (κ3) is 10.3. The molecule has 8 heterocycles. The van der Waals surface area contributed by atoms with E-state index in [2.05, 4.69) is 80.2 Å².